The Morgan fingerprint density at radius 3 is 2.61 bits per heavy atom. The zero-order valence-corrected chi connectivity index (χ0v) is 11.5. The van der Waals surface area contributed by atoms with Crippen molar-refractivity contribution in [1.29, 1.82) is 0 Å². The molecule has 0 unspecified atom stereocenters. The molecule has 1 amide bonds. The molecule has 4 nitrogen and oxygen atoms in total. The summed E-state index contributed by atoms with van der Waals surface area (Å²) in [4.78, 5) is 22.5. The lowest BCUT2D eigenvalue weighted by Crippen LogP contribution is -2.45. The van der Waals surface area contributed by atoms with Gasteiger partial charge in [0.1, 0.15) is 5.82 Å². The van der Waals surface area contributed by atoms with E-state index in [-0.39, 0.29) is 12.0 Å². The number of hydrogen-bond donors (Lipinski definition) is 2. The molecule has 1 aromatic carbocycles. The summed E-state index contributed by atoms with van der Waals surface area (Å²) in [6.07, 6.45) is -0.217. The Kier molecular flexibility index (Phi) is 4.45. The maximum absolute atomic E-state index is 13.1. The van der Waals surface area contributed by atoms with Crippen molar-refractivity contribution in [3.63, 3.8) is 0 Å². The number of carboxylic acid groups (broad SMARTS) is 1. The van der Waals surface area contributed by atoms with Gasteiger partial charge in [-0.3, -0.25) is 9.59 Å². The zero-order valence-electron chi connectivity index (χ0n) is 9.96. The number of hydrogen-bond acceptors (Lipinski definition) is 2. The number of aliphatic carboxylic acids is 1. The van der Waals surface area contributed by atoms with Gasteiger partial charge in [0.05, 0.1) is 12.0 Å². The fourth-order valence-corrected chi connectivity index (χ4v) is 1.90. The van der Waals surface area contributed by atoms with Gasteiger partial charge in [0.2, 0.25) is 0 Å². The third-order valence-corrected chi connectivity index (χ3v) is 2.91. The first-order valence-electron chi connectivity index (χ1n) is 5.20. The Bertz CT molecular complexity index is 488. The van der Waals surface area contributed by atoms with E-state index in [0.29, 0.717) is 4.47 Å². The first-order chi connectivity index (χ1) is 8.21. The number of carboxylic acids is 1. The van der Waals surface area contributed by atoms with Gasteiger partial charge in [-0.25, -0.2) is 4.39 Å². The van der Waals surface area contributed by atoms with E-state index in [4.69, 9.17) is 5.11 Å². The molecule has 0 bridgehead atoms. The van der Waals surface area contributed by atoms with Crippen LogP contribution in [0.4, 0.5) is 4.39 Å². The first kappa shape index (κ1) is 14.6. The van der Waals surface area contributed by atoms with Crippen molar-refractivity contribution in [3.8, 4) is 0 Å². The minimum atomic E-state index is -1.02. The lowest BCUT2D eigenvalue weighted by Gasteiger charge is -2.24. The summed E-state index contributed by atoms with van der Waals surface area (Å²) in [7, 11) is 0. The second kappa shape index (κ2) is 5.48. The quantitative estimate of drug-likeness (QED) is 0.897. The van der Waals surface area contributed by atoms with Gasteiger partial charge in [-0.15, -0.1) is 0 Å². The Morgan fingerprint density at radius 1 is 1.44 bits per heavy atom. The van der Waals surface area contributed by atoms with E-state index in [9.17, 15) is 14.0 Å². The summed E-state index contributed by atoms with van der Waals surface area (Å²) in [5.41, 5.74) is -0.775. The molecule has 1 rings (SSSR count). The fourth-order valence-electron chi connectivity index (χ4n) is 1.47. The van der Waals surface area contributed by atoms with Crippen molar-refractivity contribution in [2.45, 2.75) is 25.8 Å². The number of benzene rings is 1. The Labute approximate surface area is 112 Å². The van der Waals surface area contributed by atoms with Gasteiger partial charge in [0, 0.05) is 10.0 Å². The molecule has 0 spiro atoms. The number of amides is 1. The second-order valence-corrected chi connectivity index (χ2v) is 5.39. The zero-order chi connectivity index (χ0) is 13.9. The lowest BCUT2D eigenvalue weighted by atomic mass is 10.00. The van der Waals surface area contributed by atoms with Gasteiger partial charge in [0.25, 0.3) is 5.91 Å². The van der Waals surface area contributed by atoms with Crippen molar-refractivity contribution in [2.24, 2.45) is 0 Å². The van der Waals surface area contributed by atoms with E-state index in [0.717, 1.165) is 6.07 Å². The van der Waals surface area contributed by atoms with Gasteiger partial charge < -0.3 is 10.4 Å². The van der Waals surface area contributed by atoms with Crippen molar-refractivity contribution in [3.05, 3.63) is 34.1 Å². The number of carbonyl (C=O) groups excluding carboxylic acids is 1. The Morgan fingerprint density at radius 2 is 2.06 bits per heavy atom. The number of rotatable bonds is 4. The molecule has 0 saturated heterocycles. The molecule has 98 valence electrons. The van der Waals surface area contributed by atoms with Gasteiger partial charge in [-0.2, -0.15) is 0 Å². The van der Waals surface area contributed by atoms with Crippen LogP contribution >= 0.6 is 15.9 Å². The molecule has 0 aliphatic heterocycles. The van der Waals surface area contributed by atoms with Crippen LogP contribution < -0.4 is 5.32 Å². The molecule has 0 aromatic heterocycles. The van der Waals surface area contributed by atoms with Crippen LogP contribution in [-0.4, -0.2) is 22.5 Å². The summed E-state index contributed by atoms with van der Waals surface area (Å²) >= 11 is 3.15. The van der Waals surface area contributed by atoms with E-state index in [1.807, 2.05) is 0 Å². The summed E-state index contributed by atoms with van der Waals surface area (Å²) in [6, 6.07) is 3.74. The fraction of sp³-hybridized carbons (Fsp3) is 0.333. The Hall–Kier alpha value is -1.43. The molecule has 0 heterocycles. The highest BCUT2D eigenvalue weighted by Crippen LogP contribution is 2.19. The van der Waals surface area contributed by atoms with Crippen LogP contribution in [0.25, 0.3) is 0 Å². The molecule has 0 aliphatic rings. The highest BCUT2D eigenvalue weighted by molar-refractivity contribution is 9.10. The van der Waals surface area contributed by atoms with Gasteiger partial charge >= 0.3 is 5.97 Å². The SMILES string of the molecule is CC(C)(CC(=O)O)NC(=O)c1cc(F)ccc1Br. The standard InChI is InChI=1S/C12H13BrFNO3/c1-12(2,6-10(16)17)15-11(18)8-5-7(14)3-4-9(8)13/h3-5H,6H2,1-2H3,(H,15,18)(H,16,17). The van der Waals surface area contributed by atoms with Crippen molar-refractivity contribution in [1.82, 2.24) is 5.32 Å². The summed E-state index contributed by atoms with van der Waals surface area (Å²) in [5, 5.41) is 11.3. The number of carbonyl (C=O) groups is 2. The highest BCUT2D eigenvalue weighted by atomic mass is 79.9. The van der Waals surface area contributed by atoms with Crippen LogP contribution in [0.5, 0.6) is 0 Å². The first-order valence-corrected chi connectivity index (χ1v) is 6.00. The van der Waals surface area contributed by atoms with Crippen LogP contribution in [0.3, 0.4) is 0 Å². The van der Waals surface area contributed by atoms with E-state index >= 15 is 0 Å². The molecular weight excluding hydrogens is 305 g/mol. The van der Waals surface area contributed by atoms with Crippen molar-refractivity contribution >= 4 is 27.8 Å². The molecule has 6 heteroatoms. The average molecular weight is 318 g/mol. The van der Waals surface area contributed by atoms with Crippen LogP contribution in [0.1, 0.15) is 30.6 Å². The van der Waals surface area contributed by atoms with Crippen molar-refractivity contribution < 1.29 is 19.1 Å². The summed E-state index contributed by atoms with van der Waals surface area (Å²) in [6.45, 7) is 3.18. The molecule has 0 atom stereocenters. The largest absolute Gasteiger partial charge is 0.481 e. The maximum Gasteiger partial charge on any atom is 0.305 e. The summed E-state index contributed by atoms with van der Waals surface area (Å²) in [5.74, 6) is -2.06. The van der Waals surface area contributed by atoms with E-state index in [2.05, 4.69) is 21.2 Å². The van der Waals surface area contributed by atoms with Gasteiger partial charge in [-0.05, 0) is 48.0 Å². The molecule has 0 aliphatic carbocycles. The predicted octanol–water partition coefficient (Wildman–Crippen LogP) is 2.57. The summed E-state index contributed by atoms with van der Waals surface area (Å²) < 4.78 is 13.5. The van der Waals surface area contributed by atoms with Crippen LogP contribution in [0.15, 0.2) is 22.7 Å². The molecule has 2 N–H and O–H groups in total. The van der Waals surface area contributed by atoms with Gasteiger partial charge in [0.15, 0.2) is 0 Å². The monoisotopic (exact) mass is 317 g/mol. The second-order valence-electron chi connectivity index (χ2n) is 4.53. The predicted molar refractivity (Wildman–Crippen MR) is 67.9 cm³/mol. The molecular formula is C12H13BrFNO3. The minimum Gasteiger partial charge on any atom is -0.481 e. The third kappa shape index (κ3) is 4.10. The highest BCUT2D eigenvalue weighted by Gasteiger charge is 2.25. The smallest absolute Gasteiger partial charge is 0.305 e. The molecule has 0 saturated carbocycles. The molecule has 18 heavy (non-hydrogen) atoms. The van der Waals surface area contributed by atoms with Crippen LogP contribution in [0, 0.1) is 5.82 Å². The van der Waals surface area contributed by atoms with Crippen molar-refractivity contribution in [2.75, 3.05) is 0 Å². The average Bonchev–Trinajstić information content (AvgIpc) is 2.18. The molecule has 1 aromatic rings. The lowest BCUT2D eigenvalue weighted by molar-refractivity contribution is -0.138. The van der Waals surface area contributed by atoms with Gasteiger partial charge in [-0.1, -0.05) is 0 Å². The number of halogens is 2. The maximum atomic E-state index is 13.1. The third-order valence-electron chi connectivity index (χ3n) is 2.22. The van der Waals surface area contributed by atoms with E-state index in [1.165, 1.54) is 12.1 Å². The molecule has 0 radical (unpaired) electrons. The topological polar surface area (TPSA) is 66.4 Å². The van der Waals surface area contributed by atoms with Crippen LogP contribution in [0.2, 0.25) is 0 Å². The van der Waals surface area contributed by atoms with Crippen LogP contribution in [-0.2, 0) is 4.79 Å². The normalized spacial score (nSPS) is 11.1. The van der Waals surface area contributed by atoms with E-state index < -0.39 is 23.2 Å². The molecule has 0 fully saturated rings. The Balaban J connectivity index is 2.88. The minimum absolute atomic E-state index is 0.133. The van der Waals surface area contributed by atoms with E-state index in [1.54, 1.807) is 13.8 Å². The number of nitrogens with one attached hydrogen (secondary N) is 1.